The van der Waals surface area contributed by atoms with E-state index >= 15 is 0 Å². The zero-order valence-corrected chi connectivity index (χ0v) is 23.2. The molecule has 0 N–H and O–H groups in total. The lowest BCUT2D eigenvalue weighted by Crippen LogP contribution is -2.37. The van der Waals surface area contributed by atoms with E-state index in [1.165, 1.54) is 12.1 Å². The fourth-order valence-corrected chi connectivity index (χ4v) is 7.16. The Labute approximate surface area is 225 Å². The molecule has 5 rings (SSSR count). The van der Waals surface area contributed by atoms with Crippen LogP contribution in [0, 0.1) is 0 Å². The Morgan fingerprint density at radius 3 is 2.11 bits per heavy atom. The number of ether oxygens (including phenoxy) is 1. The van der Waals surface area contributed by atoms with Crippen LogP contribution in [-0.4, -0.2) is 38.5 Å². The Morgan fingerprint density at radius 2 is 1.54 bits per heavy atom. The van der Waals surface area contributed by atoms with Crippen LogP contribution in [0.1, 0.15) is 56.9 Å². The second-order valence-electron chi connectivity index (χ2n) is 9.38. The van der Waals surface area contributed by atoms with Gasteiger partial charge in [-0.1, -0.05) is 18.2 Å². The van der Waals surface area contributed by atoms with Crippen LogP contribution in [0.15, 0.2) is 74.4 Å². The SMILES string of the molecule is CCOc1cc(C2C3=C(CCCC3=O)N(C)C3=C2C(=O)CCC3)cc(Br)c1OS(=O)(=O)c1ccccc1. The van der Waals surface area contributed by atoms with Crippen LogP contribution in [-0.2, 0) is 19.7 Å². The molecule has 2 aromatic rings. The Morgan fingerprint density at radius 1 is 0.946 bits per heavy atom. The van der Waals surface area contributed by atoms with Crippen LogP contribution in [0.2, 0.25) is 0 Å². The first-order valence-electron chi connectivity index (χ1n) is 12.4. The summed E-state index contributed by atoms with van der Waals surface area (Å²) in [6.07, 6.45) is 3.99. The van der Waals surface area contributed by atoms with Gasteiger partial charge in [0, 0.05) is 48.3 Å². The highest BCUT2D eigenvalue weighted by molar-refractivity contribution is 9.10. The lowest BCUT2D eigenvalue weighted by Gasteiger charge is -2.42. The zero-order valence-electron chi connectivity index (χ0n) is 20.8. The first-order valence-corrected chi connectivity index (χ1v) is 14.6. The van der Waals surface area contributed by atoms with Gasteiger partial charge in [-0.05, 0) is 78.4 Å². The first-order chi connectivity index (χ1) is 17.7. The highest BCUT2D eigenvalue weighted by atomic mass is 79.9. The van der Waals surface area contributed by atoms with Crippen molar-refractivity contribution in [1.29, 1.82) is 0 Å². The summed E-state index contributed by atoms with van der Waals surface area (Å²) < 4.78 is 37.7. The number of Topliss-reactive ketones (excluding diaryl/α,β-unsaturated/α-hetero) is 2. The quantitative estimate of drug-likeness (QED) is 0.404. The van der Waals surface area contributed by atoms with E-state index < -0.39 is 16.0 Å². The normalized spacial score (nSPS) is 18.6. The third-order valence-electron chi connectivity index (χ3n) is 7.13. The largest absolute Gasteiger partial charge is 0.490 e. The molecule has 0 radical (unpaired) electrons. The number of hydrogen-bond acceptors (Lipinski definition) is 7. The number of carbonyl (C=O) groups is 2. The summed E-state index contributed by atoms with van der Waals surface area (Å²) in [6.45, 7) is 2.06. The van der Waals surface area contributed by atoms with Gasteiger partial charge in [-0.2, -0.15) is 8.42 Å². The monoisotopic (exact) mass is 585 g/mol. The van der Waals surface area contributed by atoms with Gasteiger partial charge in [0.15, 0.2) is 23.1 Å². The molecule has 0 amide bonds. The van der Waals surface area contributed by atoms with Crippen molar-refractivity contribution >= 4 is 37.6 Å². The highest BCUT2D eigenvalue weighted by Gasteiger charge is 2.42. The van der Waals surface area contributed by atoms with Crippen LogP contribution in [0.3, 0.4) is 0 Å². The van der Waals surface area contributed by atoms with Gasteiger partial charge in [0.25, 0.3) is 0 Å². The summed E-state index contributed by atoms with van der Waals surface area (Å²) in [5.74, 6) is -0.192. The topological polar surface area (TPSA) is 90.0 Å². The van der Waals surface area contributed by atoms with Crippen LogP contribution in [0.4, 0.5) is 0 Å². The standard InChI is InChI=1S/C28H28BrNO6S/c1-3-35-24-16-17(15-19(29)28(24)36-37(33,34)18-9-5-4-6-10-18)25-26-20(11-7-13-22(26)31)30(2)21-12-8-14-23(32)27(21)25/h4-6,9-10,15-16,25H,3,7-8,11-14H2,1-2H3. The average Bonchev–Trinajstić information content (AvgIpc) is 2.88. The maximum absolute atomic E-state index is 13.3. The fourth-order valence-electron chi connectivity index (χ4n) is 5.53. The molecule has 0 saturated heterocycles. The third kappa shape index (κ3) is 4.63. The van der Waals surface area contributed by atoms with E-state index in [4.69, 9.17) is 8.92 Å². The van der Waals surface area contributed by atoms with Gasteiger partial charge in [-0.25, -0.2) is 0 Å². The fraction of sp³-hybridized carbons (Fsp3) is 0.357. The molecule has 0 fully saturated rings. The molecule has 2 aromatic carbocycles. The Hall–Kier alpha value is -2.91. The Balaban J connectivity index is 1.66. The summed E-state index contributed by atoms with van der Waals surface area (Å²) in [4.78, 5) is 28.6. The van der Waals surface area contributed by atoms with Crippen molar-refractivity contribution in [3.05, 3.63) is 75.0 Å². The van der Waals surface area contributed by atoms with Gasteiger partial charge in [-0.3, -0.25) is 9.59 Å². The molecule has 0 saturated carbocycles. The predicted octanol–water partition coefficient (Wildman–Crippen LogP) is 5.66. The Bertz CT molecular complexity index is 1400. The van der Waals surface area contributed by atoms with Gasteiger partial charge in [0.2, 0.25) is 0 Å². The molecule has 1 heterocycles. The van der Waals surface area contributed by atoms with Gasteiger partial charge in [-0.15, -0.1) is 0 Å². The number of carbonyl (C=O) groups excluding carboxylic acids is 2. The third-order valence-corrected chi connectivity index (χ3v) is 8.96. The van der Waals surface area contributed by atoms with E-state index in [2.05, 4.69) is 20.8 Å². The number of hydrogen-bond donors (Lipinski definition) is 0. The zero-order chi connectivity index (χ0) is 26.3. The van der Waals surface area contributed by atoms with Crippen LogP contribution < -0.4 is 8.92 Å². The van der Waals surface area contributed by atoms with E-state index in [1.54, 1.807) is 37.3 Å². The van der Waals surface area contributed by atoms with Crippen molar-refractivity contribution in [2.45, 2.75) is 56.3 Å². The molecular formula is C28H28BrNO6S. The molecule has 0 unspecified atom stereocenters. The second kappa shape index (κ2) is 10.1. The summed E-state index contributed by atoms with van der Waals surface area (Å²) in [6, 6.07) is 11.3. The van der Waals surface area contributed by atoms with E-state index in [-0.39, 0.29) is 34.6 Å². The first kappa shape index (κ1) is 25.7. The summed E-state index contributed by atoms with van der Waals surface area (Å²) in [7, 11) is -2.17. The number of nitrogens with zero attached hydrogens (tertiary/aromatic N) is 1. The highest BCUT2D eigenvalue weighted by Crippen LogP contribution is 2.51. The average molecular weight is 587 g/mol. The van der Waals surface area contributed by atoms with Crippen LogP contribution in [0.5, 0.6) is 11.5 Å². The predicted molar refractivity (Wildman–Crippen MR) is 142 cm³/mol. The molecule has 0 atom stereocenters. The minimum absolute atomic E-state index is 0.0222. The van der Waals surface area contributed by atoms with Crippen molar-refractivity contribution in [2.75, 3.05) is 13.7 Å². The van der Waals surface area contributed by atoms with Crippen molar-refractivity contribution in [3.8, 4) is 11.5 Å². The number of benzene rings is 2. The van der Waals surface area contributed by atoms with Gasteiger partial charge in [0.1, 0.15) is 4.90 Å². The minimum Gasteiger partial charge on any atom is -0.490 e. The van der Waals surface area contributed by atoms with E-state index in [0.29, 0.717) is 34.0 Å². The smallest absolute Gasteiger partial charge is 0.339 e. The van der Waals surface area contributed by atoms with E-state index in [0.717, 1.165) is 37.1 Å². The molecule has 194 valence electrons. The van der Waals surface area contributed by atoms with Gasteiger partial charge < -0.3 is 13.8 Å². The number of rotatable bonds is 6. The van der Waals surface area contributed by atoms with E-state index in [1.807, 2.05) is 7.05 Å². The number of ketones is 2. The number of halogens is 1. The lowest BCUT2D eigenvalue weighted by molar-refractivity contribution is -0.117. The minimum atomic E-state index is -4.12. The maximum Gasteiger partial charge on any atom is 0.339 e. The van der Waals surface area contributed by atoms with Crippen LogP contribution in [0.25, 0.3) is 0 Å². The second-order valence-corrected chi connectivity index (χ2v) is 11.8. The molecule has 7 nitrogen and oxygen atoms in total. The summed E-state index contributed by atoms with van der Waals surface area (Å²) in [5.41, 5.74) is 3.94. The molecule has 2 aliphatic carbocycles. The molecule has 0 bridgehead atoms. The van der Waals surface area contributed by atoms with Crippen molar-refractivity contribution in [2.24, 2.45) is 0 Å². The van der Waals surface area contributed by atoms with Crippen molar-refractivity contribution < 1.29 is 26.9 Å². The van der Waals surface area contributed by atoms with Gasteiger partial charge in [0.05, 0.1) is 11.1 Å². The molecule has 9 heteroatoms. The molecule has 37 heavy (non-hydrogen) atoms. The maximum atomic E-state index is 13.3. The molecule has 3 aliphatic rings. The van der Waals surface area contributed by atoms with Crippen molar-refractivity contribution in [3.63, 3.8) is 0 Å². The molecule has 0 spiro atoms. The summed E-state index contributed by atoms with van der Waals surface area (Å²) in [5, 5.41) is 0. The lowest BCUT2D eigenvalue weighted by atomic mass is 9.71. The molecule has 1 aliphatic heterocycles. The Kier molecular flexibility index (Phi) is 7.02. The van der Waals surface area contributed by atoms with Crippen molar-refractivity contribution in [1.82, 2.24) is 4.90 Å². The van der Waals surface area contributed by atoms with Gasteiger partial charge >= 0.3 is 10.1 Å². The summed E-state index contributed by atoms with van der Waals surface area (Å²) >= 11 is 3.50. The van der Waals surface area contributed by atoms with E-state index in [9.17, 15) is 18.0 Å². The molecule has 0 aromatic heterocycles. The van der Waals surface area contributed by atoms with Crippen LogP contribution >= 0.6 is 15.9 Å². The number of allylic oxidation sites excluding steroid dienone is 4. The molecular weight excluding hydrogens is 558 g/mol.